The molecule has 2 N–H and O–H groups in total. The van der Waals surface area contributed by atoms with Crippen LogP contribution >= 0.6 is 0 Å². The Morgan fingerprint density at radius 3 is 2.48 bits per heavy atom. The highest BCUT2D eigenvalue weighted by Gasteiger charge is 2.45. The number of hydrogen-bond acceptors (Lipinski definition) is 6. The minimum absolute atomic E-state index is 0.660. The van der Waals surface area contributed by atoms with E-state index in [0.717, 1.165) is 11.3 Å². The van der Waals surface area contributed by atoms with Crippen molar-refractivity contribution in [2.24, 2.45) is 0 Å². The molecule has 0 bridgehead atoms. The van der Waals surface area contributed by atoms with Gasteiger partial charge in [-0.15, -0.1) is 0 Å². The highest BCUT2D eigenvalue weighted by molar-refractivity contribution is 7.84. The van der Waals surface area contributed by atoms with Crippen molar-refractivity contribution in [2.45, 2.75) is 32.0 Å². The van der Waals surface area contributed by atoms with E-state index in [1.807, 2.05) is 24.3 Å². The number of benzene rings is 1. The Morgan fingerprint density at radius 2 is 1.86 bits per heavy atom. The zero-order valence-electron chi connectivity index (χ0n) is 12.4. The van der Waals surface area contributed by atoms with Crippen molar-refractivity contribution < 1.29 is 22.1 Å². The van der Waals surface area contributed by atoms with Gasteiger partial charge in [0.2, 0.25) is 6.29 Å². The molecule has 0 amide bonds. The maximum atomic E-state index is 11.6. The molecule has 1 fully saturated rings. The second kappa shape index (κ2) is 5.90. The minimum Gasteiger partial charge on any atom is -0.388 e. The van der Waals surface area contributed by atoms with E-state index >= 15 is 0 Å². The average Bonchev–Trinajstić information content (AvgIpc) is 2.72. The molecule has 2 atom stereocenters. The van der Waals surface area contributed by atoms with E-state index in [9.17, 15) is 8.42 Å². The van der Waals surface area contributed by atoms with Crippen molar-refractivity contribution in [1.82, 2.24) is 4.72 Å². The highest BCUT2D eigenvalue weighted by Crippen LogP contribution is 2.41. The van der Waals surface area contributed by atoms with Crippen LogP contribution in [-0.4, -0.2) is 34.6 Å². The van der Waals surface area contributed by atoms with Crippen LogP contribution in [-0.2, 0) is 24.0 Å². The molecule has 1 aromatic rings. The lowest BCUT2D eigenvalue weighted by Crippen LogP contribution is -2.31. The molecule has 1 heterocycles. The van der Waals surface area contributed by atoms with Crippen molar-refractivity contribution in [1.29, 1.82) is 0 Å². The van der Waals surface area contributed by atoms with Crippen LogP contribution < -0.4 is 10.0 Å². The number of para-hydroxylation sites is 1. The van der Waals surface area contributed by atoms with Crippen LogP contribution in [0.5, 0.6) is 0 Å². The molecular formula is C13H20N2O5S. The summed E-state index contributed by atoms with van der Waals surface area (Å²) in [7, 11) is -0.841. The fourth-order valence-electron chi connectivity index (χ4n) is 2.16. The Kier molecular flexibility index (Phi) is 4.54. The topological polar surface area (TPSA) is 85.9 Å². The molecule has 1 saturated heterocycles. The molecule has 1 aliphatic rings. The maximum absolute atomic E-state index is 11.6. The summed E-state index contributed by atoms with van der Waals surface area (Å²) in [5, 5.41) is 3.04. The van der Waals surface area contributed by atoms with Gasteiger partial charge in [-0.1, -0.05) is 18.2 Å². The molecular weight excluding hydrogens is 296 g/mol. The first-order valence-corrected chi connectivity index (χ1v) is 7.93. The van der Waals surface area contributed by atoms with Gasteiger partial charge < -0.3 is 14.8 Å². The lowest BCUT2D eigenvalue weighted by atomic mass is 10.1. The first kappa shape index (κ1) is 16.2. The summed E-state index contributed by atoms with van der Waals surface area (Å²) < 4.78 is 41.7. The molecule has 0 aliphatic carbocycles. The Balaban J connectivity index is 2.35. The van der Waals surface area contributed by atoms with E-state index in [1.54, 1.807) is 20.9 Å². The van der Waals surface area contributed by atoms with E-state index in [2.05, 4.69) is 10.0 Å². The van der Waals surface area contributed by atoms with Gasteiger partial charge in [0.05, 0.1) is 0 Å². The predicted octanol–water partition coefficient (Wildman–Crippen LogP) is 1.36. The van der Waals surface area contributed by atoms with Crippen LogP contribution in [0.2, 0.25) is 0 Å². The molecule has 0 radical (unpaired) electrons. The van der Waals surface area contributed by atoms with E-state index < -0.39 is 28.5 Å². The number of hydrogen-bond donors (Lipinski definition) is 2. The average molecular weight is 316 g/mol. The van der Waals surface area contributed by atoms with Crippen LogP contribution in [0.15, 0.2) is 24.3 Å². The third-order valence-corrected chi connectivity index (χ3v) is 4.01. The fraction of sp³-hybridized carbons (Fsp3) is 0.538. The normalized spacial score (nSPS) is 25.0. The Hall–Kier alpha value is -1.19. The quantitative estimate of drug-likeness (QED) is 0.853. The molecule has 2 unspecified atom stereocenters. The van der Waals surface area contributed by atoms with Crippen molar-refractivity contribution in [3.8, 4) is 0 Å². The summed E-state index contributed by atoms with van der Waals surface area (Å²) in [4.78, 5) is 0. The SMILES string of the molecule is CNc1ccccc1C1OC(C)(C)OC1OS(=O)(=O)NC. The molecule has 1 aromatic carbocycles. The lowest BCUT2D eigenvalue weighted by molar-refractivity contribution is -0.167. The summed E-state index contributed by atoms with van der Waals surface area (Å²) in [6.45, 7) is 3.41. The third kappa shape index (κ3) is 3.72. The largest absolute Gasteiger partial charge is 0.388 e. The zero-order chi connectivity index (χ0) is 15.7. The Bertz CT molecular complexity index is 602. The highest BCUT2D eigenvalue weighted by atomic mass is 32.2. The molecule has 21 heavy (non-hydrogen) atoms. The van der Waals surface area contributed by atoms with Gasteiger partial charge in [0.15, 0.2) is 5.79 Å². The van der Waals surface area contributed by atoms with Gasteiger partial charge >= 0.3 is 10.3 Å². The molecule has 0 saturated carbocycles. The smallest absolute Gasteiger partial charge is 0.338 e. The molecule has 0 aromatic heterocycles. The van der Waals surface area contributed by atoms with Gasteiger partial charge in [-0.05, 0) is 19.9 Å². The lowest BCUT2D eigenvalue weighted by Gasteiger charge is -2.19. The van der Waals surface area contributed by atoms with Gasteiger partial charge in [0, 0.05) is 25.3 Å². The molecule has 0 spiro atoms. The van der Waals surface area contributed by atoms with Crippen molar-refractivity contribution in [3.05, 3.63) is 29.8 Å². The van der Waals surface area contributed by atoms with Crippen LogP contribution in [0.25, 0.3) is 0 Å². The first-order chi connectivity index (χ1) is 9.78. The van der Waals surface area contributed by atoms with Crippen molar-refractivity contribution in [2.75, 3.05) is 19.4 Å². The Labute approximate surface area is 124 Å². The van der Waals surface area contributed by atoms with Crippen LogP contribution in [0.3, 0.4) is 0 Å². The van der Waals surface area contributed by atoms with E-state index in [1.165, 1.54) is 7.05 Å². The number of rotatable bonds is 5. The second-order valence-corrected chi connectivity index (χ2v) is 6.53. The van der Waals surface area contributed by atoms with E-state index in [4.69, 9.17) is 13.7 Å². The van der Waals surface area contributed by atoms with Gasteiger partial charge in [-0.25, -0.2) is 4.18 Å². The van der Waals surface area contributed by atoms with E-state index in [-0.39, 0.29) is 0 Å². The van der Waals surface area contributed by atoms with Crippen molar-refractivity contribution >= 4 is 16.0 Å². The monoisotopic (exact) mass is 316 g/mol. The van der Waals surface area contributed by atoms with Crippen LogP contribution in [0.4, 0.5) is 5.69 Å². The minimum atomic E-state index is -3.89. The summed E-state index contributed by atoms with van der Waals surface area (Å²) >= 11 is 0. The zero-order valence-corrected chi connectivity index (χ0v) is 13.2. The summed E-state index contributed by atoms with van der Waals surface area (Å²) in [5.41, 5.74) is 1.58. The Morgan fingerprint density at radius 1 is 1.19 bits per heavy atom. The molecule has 1 aliphatic heterocycles. The standard InChI is InChI=1S/C13H20N2O5S/c1-13(2)18-11(9-7-5-6-8-10(9)14-3)12(19-13)20-21(16,17)15-4/h5-8,11-12,14-15H,1-4H3. The molecule has 8 heteroatoms. The van der Waals surface area contributed by atoms with E-state index in [0.29, 0.717) is 0 Å². The van der Waals surface area contributed by atoms with Gasteiger partial charge in [0.25, 0.3) is 0 Å². The van der Waals surface area contributed by atoms with Gasteiger partial charge in [-0.2, -0.15) is 13.1 Å². The number of anilines is 1. The number of nitrogens with one attached hydrogen (secondary N) is 2. The molecule has 7 nitrogen and oxygen atoms in total. The molecule has 118 valence electrons. The maximum Gasteiger partial charge on any atom is 0.338 e. The summed E-state index contributed by atoms with van der Waals surface area (Å²) in [6.07, 6.45) is -1.72. The van der Waals surface area contributed by atoms with Gasteiger partial charge in [0.1, 0.15) is 6.10 Å². The summed E-state index contributed by atoms with van der Waals surface area (Å²) in [5.74, 6) is -0.945. The first-order valence-electron chi connectivity index (χ1n) is 6.52. The van der Waals surface area contributed by atoms with Gasteiger partial charge in [-0.3, -0.25) is 0 Å². The van der Waals surface area contributed by atoms with Crippen molar-refractivity contribution in [3.63, 3.8) is 0 Å². The molecule has 2 rings (SSSR count). The van der Waals surface area contributed by atoms with Crippen LogP contribution in [0, 0.1) is 0 Å². The van der Waals surface area contributed by atoms with Crippen LogP contribution in [0.1, 0.15) is 25.5 Å². The second-order valence-electron chi connectivity index (χ2n) is 5.02. The third-order valence-electron chi connectivity index (χ3n) is 3.07. The number of ether oxygens (including phenoxy) is 2. The fourth-order valence-corrected chi connectivity index (χ4v) is 2.64. The summed E-state index contributed by atoms with van der Waals surface area (Å²) in [6, 6.07) is 7.42. The predicted molar refractivity (Wildman–Crippen MR) is 77.8 cm³/mol.